The van der Waals surface area contributed by atoms with E-state index in [9.17, 15) is 4.79 Å². The Balaban J connectivity index is 1.47. The first kappa shape index (κ1) is 15.1. The molecular formula is C13H21N5OS2. The summed E-state index contributed by atoms with van der Waals surface area (Å²) in [6.07, 6.45) is 4.88. The molecule has 116 valence electrons. The van der Waals surface area contributed by atoms with Gasteiger partial charge in [-0.1, -0.05) is 12.8 Å². The van der Waals surface area contributed by atoms with Gasteiger partial charge in [0.1, 0.15) is 0 Å². The standard InChI is InChI=1S/C13H21N5OS2/c19-13(17-5-7-20-8-6-17)10-21-9-12-14-15-16-18(12)11-3-1-2-4-11/h11H,1-10H2. The van der Waals surface area contributed by atoms with Crippen LogP contribution >= 0.6 is 23.5 Å². The van der Waals surface area contributed by atoms with Crippen molar-refractivity contribution in [3.63, 3.8) is 0 Å². The van der Waals surface area contributed by atoms with Gasteiger partial charge < -0.3 is 4.90 Å². The largest absolute Gasteiger partial charge is 0.340 e. The molecule has 0 spiro atoms. The predicted octanol–water partition coefficient (Wildman–Crippen LogP) is 1.60. The zero-order chi connectivity index (χ0) is 14.5. The van der Waals surface area contributed by atoms with Gasteiger partial charge in [0.05, 0.1) is 17.5 Å². The van der Waals surface area contributed by atoms with Crippen molar-refractivity contribution in [3.05, 3.63) is 5.82 Å². The minimum absolute atomic E-state index is 0.250. The molecule has 2 fully saturated rings. The number of tetrazole rings is 1. The Labute approximate surface area is 133 Å². The number of nitrogens with zero attached hydrogens (tertiary/aromatic N) is 5. The summed E-state index contributed by atoms with van der Waals surface area (Å²) in [6.45, 7) is 1.79. The summed E-state index contributed by atoms with van der Waals surface area (Å²) in [6, 6.07) is 0.463. The lowest BCUT2D eigenvalue weighted by Gasteiger charge is -2.26. The van der Waals surface area contributed by atoms with Crippen molar-refractivity contribution < 1.29 is 4.79 Å². The molecule has 1 saturated heterocycles. The molecular weight excluding hydrogens is 306 g/mol. The van der Waals surface area contributed by atoms with Crippen LogP contribution in [0.4, 0.5) is 0 Å². The summed E-state index contributed by atoms with van der Waals surface area (Å²) < 4.78 is 1.97. The Bertz CT molecular complexity index is 469. The van der Waals surface area contributed by atoms with Crippen LogP contribution in [0.2, 0.25) is 0 Å². The van der Waals surface area contributed by atoms with Crippen molar-refractivity contribution in [1.29, 1.82) is 0 Å². The van der Waals surface area contributed by atoms with Gasteiger partial charge in [0.15, 0.2) is 5.82 Å². The van der Waals surface area contributed by atoms with Crippen LogP contribution in [0.3, 0.4) is 0 Å². The molecule has 0 N–H and O–H groups in total. The van der Waals surface area contributed by atoms with Gasteiger partial charge in [-0.25, -0.2) is 4.68 Å². The third-order valence-electron chi connectivity index (χ3n) is 4.05. The number of thioether (sulfide) groups is 2. The summed E-state index contributed by atoms with van der Waals surface area (Å²) in [5, 5.41) is 12.1. The van der Waals surface area contributed by atoms with E-state index in [0.717, 1.165) is 36.2 Å². The van der Waals surface area contributed by atoms with E-state index >= 15 is 0 Å². The molecule has 6 nitrogen and oxygen atoms in total. The van der Waals surface area contributed by atoms with Crippen LogP contribution < -0.4 is 0 Å². The molecule has 0 radical (unpaired) electrons. The first-order valence-electron chi connectivity index (χ1n) is 7.54. The number of hydrogen-bond donors (Lipinski definition) is 0. The van der Waals surface area contributed by atoms with Gasteiger partial charge in [0.25, 0.3) is 0 Å². The molecule has 21 heavy (non-hydrogen) atoms. The Kier molecular flexibility index (Phi) is 5.40. The van der Waals surface area contributed by atoms with E-state index in [1.54, 1.807) is 11.8 Å². The second-order valence-electron chi connectivity index (χ2n) is 5.46. The van der Waals surface area contributed by atoms with Crippen LogP contribution in [0, 0.1) is 0 Å². The number of aromatic nitrogens is 4. The van der Waals surface area contributed by atoms with Crippen LogP contribution in [-0.4, -0.2) is 61.4 Å². The minimum atomic E-state index is 0.250. The molecule has 8 heteroatoms. The van der Waals surface area contributed by atoms with E-state index in [1.165, 1.54) is 25.7 Å². The summed E-state index contributed by atoms with van der Waals surface area (Å²) in [5.41, 5.74) is 0. The highest BCUT2D eigenvalue weighted by Gasteiger charge is 2.22. The Morgan fingerprint density at radius 1 is 1.29 bits per heavy atom. The van der Waals surface area contributed by atoms with E-state index in [1.807, 2.05) is 21.3 Å². The van der Waals surface area contributed by atoms with Gasteiger partial charge >= 0.3 is 0 Å². The normalized spacial score (nSPS) is 20.1. The molecule has 1 aromatic heterocycles. The van der Waals surface area contributed by atoms with Crippen LogP contribution in [-0.2, 0) is 10.5 Å². The average molecular weight is 327 g/mol. The van der Waals surface area contributed by atoms with E-state index < -0.39 is 0 Å². The lowest BCUT2D eigenvalue weighted by atomic mass is 10.2. The molecule has 0 unspecified atom stereocenters. The maximum Gasteiger partial charge on any atom is 0.232 e. The maximum atomic E-state index is 12.1. The van der Waals surface area contributed by atoms with Gasteiger partial charge in [0, 0.05) is 24.6 Å². The minimum Gasteiger partial charge on any atom is -0.340 e. The first-order chi connectivity index (χ1) is 10.3. The van der Waals surface area contributed by atoms with E-state index in [4.69, 9.17) is 0 Å². The van der Waals surface area contributed by atoms with Crippen molar-refractivity contribution in [3.8, 4) is 0 Å². The number of rotatable bonds is 5. The van der Waals surface area contributed by atoms with Gasteiger partial charge in [-0.15, -0.1) is 16.9 Å². The van der Waals surface area contributed by atoms with Gasteiger partial charge in [-0.3, -0.25) is 4.79 Å². The van der Waals surface area contributed by atoms with Crippen LogP contribution in [0.15, 0.2) is 0 Å². The van der Waals surface area contributed by atoms with Crippen LogP contribution in [0.1, 0.15) is 37.5 Å². The molecule has 3 rings (SSSR count). The molecule has 1 saturated carbocycles. The molecule has 1 aliphatic heterocycles. The fraction of sp³-hybridized carbons (Fsp3) is 0.846. The third kappa shape index (κ3) is 3.91. The van der Waals surface area contributed by atoms with Crippen molar-refractivity contribution in [1.82, 2.24) is 25.1 Å². The molecule has 0 aromatic carbocycles. The average Bonchev–Trinajstić information content (AvgIpc) is 3.18. The SMILES string of the molecule is O=C(CSCc1nnnn1C1CCCC1)N1CCSCC1. The summed E-state index contributed by atoms with van der Waals surface area (Å²) in [7, 11) is 0. The summed E-state index contributed by atoms with van der Waals surface area (Å²) in [4.78, 5) is 14.1. The van der Waals surface area contributed by atoms with Crippen LogP contribution in [0.25, 0.3) is 0 Å². The van der Waals surface area contributed by atoms with Crippen molar-refractivity contribution in [2.45, 2.75) is 37.5 Å². The Morgan fingerprint density at radius 2 is 2.05 bits per heavy atom. The van der Waals surface area contributed by atoms with Gasteiger partial charge in [0.2, 0.25) is 5.91 Å². The first-order valence-corrected chi connectivity index (χ1v) is 9.85. The third-order valence-corrected chi connectivity index (χ3v) is 5.91. The zero-order valence-corrected chi connectivity index (χ0v) is 13.7. The second-order valence-corrected chi connectivity index (χ2v) is 7.67. The predicted molar refractivity (Wildman–Crippen MR) is 85.4 cm³/mol. The highest BCUT2D eigenvalue weighted by Crippen LogP contribution is 2.29. The quantitative estimate of drug-likeness (QED) is 0.818. The fourth-order valence-electron chi connectivity index (χ4n) is 2.87. The van der Waals surface area contributed by atoms with E-state index in [-0.39, 0.29) is 5.91 Å². The second kappa shape index (κ2) is 7.49. The van der Waals surface area contributed by atoms with E-state index in [0.29, 0.717) is 11.8 Å². The van der Waals surface area contributed by atoms with E-state index in [2.05, 4.69) is 15.5 Å². The molecule has 1 aliphatic carbocycles. The Hall–Kier alpha value is -0.760. The summed E-state index contributed by atoms with van der Waals surface area (Å²) >= 11 is 3.55. The number of carbonyl (C=O) groups is 1. The number of hydrogen-bond acceptors (Lipinski definition) is 6. The smallest absolute Gasteiger partial charge is 0.232 e. The van der Waals surface area contributed by atoms with Gasteiger partial charge in [-0.05, 0) is 23.3 Å². The highest BCUT2D eigenvalue weighted by molar-refractivity contribution is 7.99. The lowest BCUT2D eigenvalue weighted by molar-refractivity contribution is -0.127. The Morgan fingerprint density at radius 3 is 2.81 bits per heavy atom. The van der Waals surface area contributed by atoms with Crippen LogP contribution in [0.5, 0.6) is 0 Å². The zero-order valence-electron chi connectivity index (χ0n) is 12.1. The maximum absolute atomic E-state index is 12.1. The lowest BCUT2D eigenvalue weighted by Crippen LogP contribution is -2.39. The van der Waals surface area contributed by atoms with Crippen molar-refractivity contribution in [2.75, 3.05) is 30.3 Å². The highest BCUT2D eigenvalue weighted by atomic mass is 32.2. The van der Waals surface area contributed by atoms with Crippen molar-refractivity contribution >= 4 is 29.4 Å². The number of carbonyl (C=O) groups excluding carboxylic acids is 1. The molecule has 2 heterocycles. The fourth-order valence-corrected chi connectivity index (χ4v) is 4.61. The molecule has 0 atom stereocenters. The van der Waals surface area contributed by atoms with Gasteiger partial charge in [-0.2, -0.15) is 11.8 Å². The molecule has 1 aromatic rings. The topological polar surface area (TPSA) is 63.9 Å². The molecule has 1 amide bonds. The van der Waals surface area contributed by atoms with Crippen molar-refractivity contribution in [2.24, 2.45) is 0 Å². The number of amides is 1. The molecule has 2 aliphatic rings. The molecule has 0 bridgehead atoms. The monoisotopic (exact) mass is 327 g/mol. The summed E-state index contributed by atoms with van der Waals surface area (Å²) in [5.74, 6) is 4.54.